The average molecular weight is 515 g/mol. The van der Waals surface area contributed by atoms with Crippen LogP contribution in [0.15, 0.2) is 95.9 Å². The SMILES string of the molecule is CCS(=O)(=O)c1ccc(CC(=O)Nc2ccc(-c3ccccc3C#N)c(Oc3cccc(F)c3)c2)cc1. The zero-order valence-corrected chi connectivity index (χ0v) is 20.8. The van der Waals surface area contributed by atoms with E-state index in [1.165, 1.54) is 30.3 Å². The maximum atomic E-state index is 13.8. The predicted molar refractivity (Wildman–Crippen MR) is 140 cm³/mol. The van der Waals surface area contributed by atoms with Crippen molar-refractivity contribution in [2.24, 2.45) is 0 Å². The molecular weight excluding hydrogens is 491 g/mol. The molecule has 0 atom stereocenters. The van der Waals surface area contributed by atoms with Crippen LogP contribution in [0, 0.1) is 17.1 Å². The van der Waals surface area contributed by atoms with Crippen molar-refractivity contribution < 1.29 is 22.3 Å². The van der Waals surface area contributed by atoms with Gasteiger partial charge in [0.2, 0.25) is 5.91 Å². The minimum absolute atomic E-state index is 0.00168. The molecule has 0 unspecified atom stereocenters. The Bertz CT molecular complexity index is 1590. The maximum absolute atomic E-state index is 13.8. The Kier molecular flexibility index (Phi) is 7.66. The van der Waals surface area contributed by atoms with Crippen LogP contribution >= 0.6 is 0 Å². The molecule has 0 aliphatic carbocycles. The Hall–Kier alpha value is -4.48. The third kappa shape index (κ3) is 6.21. The lowest BCUT2D eigenvalue weighted by Crippen LogP contribution is -2.14. The number of nitriles is 1. The Morgan fingerprint density at radius 2 is 1.70 bits per heavy atom. The highest BCUT2D eigenvalue weighted by atomic mass is 32.2. The molecule has 37 heavy (non-hydrogen) atoms. The fourth-order valence-corrected chi connectivity index (χ4v) is 4.64. The summed E-state index contributed by atoms with van der Waals surface area (Å²) in [6.45, 7) is 1.58. The zero-order valence-electron chi connectivity index (χ0n) is 19.9. The Balaban J connectivity index is 1.60. The third-order valence-corrected chi connectivity index (χ3v) is 7.40. The van der Waals surface area contributed by atoms with E-state index in [1.54, 1.807) is 67.6 Å². The quantitative estimate of drug-likeness (QED) is 0.305. The van der Waals surface area contributed by atoms with E-state index in [-0.39, 0.29) is 28.7 Å². The maximum Gasteiger partial charge on any atom is 0.228 e. The number of carbonyl (C=O) groups is 1. The van der Waals surface area contributed by atoms with E-state index < -0.39 is 15.7 Å². The van der Waals surface area contributed by atoms with E-state index in [4.69, 9.17) is 4.74 Å². The molecule has 6 nitrogen and oxygen atoms in total. The van der Waals surface area contributed by atoms with Gasteiger partial charge in [-0.2, -0.15) is 5.26 Å². The summed E-state index contributed by atoms with van der Waals surface area (Å²) >= 11 is 0. The second-order valence-electron chi connectivity index (χ2n) is 8.20. The summed E-state index contributed by atoms with van der Waals surface area (Å²) in [6, 6.07) is 26.1. The molecule has 0 heterocycles. The van der Waals surface area contributed by atoms with Crippen LogP contribution in [-0.2, 0) is 21.1 Å². The van der Waals surface area contributed by atoms with Crippen molar-refractivity contribution in [3.05, 3.63) is 108 Å². The van der Waals surface area contributed by atoms with Crippen LogP contribution in [0.1, 0.15) is 18.1 Å². The molecule has 0 spiro atoms. The van der Waals surface area contributed by atoms with Crippen LogP contribution in [-0.4, -0.2) is 20.1 Å². The molecule has 0 bridgehead atoms. The van der Waals surface area contributed by atoms with Gasteiger partial charge in [0.15, 0.2) is 9.84 Å². The summed E-state index contributed by atoms with van der Waals surface area (Å²) in [6.07, 6.45) is 0.0333. The molecule has 186 valence electrons. The van der Waals surface area contributed by atoms with Crippen molar-refractivity contribution in [3.8, 4) is 28.7 Å². The fourth-order valence-electron chi connectivity index (χ4n) is 3.75. The predicted octanol–water partition coefficient (Wildman–Crippen LogP) is 6.13. The molecule has 4 rings (SSSR count). The minimum atomic E-state index is -3.32. The van der Waals surface area contributed by atoms with Crippen molar-refractivity contribution in [3.63, 3.8) is 0 Å². The van der Waals surface area contributed by atoms with E-state index in [0.717, 1.165) is 0 Å². The lowest BCUT2D eigenvalue weighted by Gasteiger charge is -2.15. The van der Waals surface area contributed by atoms with Gasteiger partial charge in [0.25, 0.3) is 0 Å². The lowest BCUT2D eigenvalue weighted by atomic mass is 9.99. The van der Waals surface area contributed by atoms with Gasteiger partial charge < -0.3 is 10.1 Å². The summed E-state index contributed by atoms with van der Waals surface area (Å²) in [5, 5.41) is 12.4. The standard InChI is InChI=1S/C29H23FN2O4S/c1-2-37(34,35)25-13-10-20(11-14-25)16-29(33)32-23-12-15-27(26-9-4-3-6-21(26)19-31)28(18-23)36-24-8-5-7-22(30)17-24/h3-15,17-18H,2,16H2,1H3,(H,32,33). The van der Waals surface area contributed by atoms with Crippen LogP contribution in [0.5, 0.6) is 11.5 Å². The highest BCUT2D eigenvalue weighted by molar-refractivity contribution is 7.91. The van der Waals surface area contributed by atoms with Crippen molar-refractivity contribution in [2.75, 3.05) is 11.1 Å². The molecule has 1 N–H and O–H groups in total. The Morgan fingerprint density at radius 1 is 0.946 bits per heavy atom. The van der Waals surface area contributed by atoms with E-state index in [9.17, 15) is 22.9 Å². The molecule has 4 aromatic rings. The summed E-state index contributed by atoms with van der Waals surface area (Å²) in [5.41, 5.74) is 2.78. The van der Waals surface area contributed by atoms with Gasteiger partial charge in [-0.1, -0.05) is 43.3 Å². The second kappa shape index (κ2) is 11.1. The third-order valence-electron chi connectivity index (χ3n) is 5.65. The molecule has 0 aliphatic rings. The number of hydrogen-bond donors (Lipinski definition) is 1. The molecule has 1 amide bonds. The number of nitrogens with zero attached hydrogens (tertiary/aromatic N) is 1. The Morgan fingerprint density at radius 3 is 2.41 bits per heavy atom. The van der Waals surface area contributed by atoms with Crippen LogP contribution in [0.25, 0.3) is 11.1 Å². The molecule has 4 aromatic carbocycles. The van der Waals surface area contributed by atoms with Gasteiger partial charge in [-0.05, 0) is 48.0 Å². The number of hydrogen-bond acceptors (Lipinski definition) is 5. The molecule has 0 aliphatic heterocycles. The number of rotatable bonds is 8. The normalized spacial score (nSPS) is 10.9. The van der Waals surface area contributed by atoms with Crippen LogP contribution in [0.3, 0.4) is 0 Å². The first-order chi connectivity index (χ1) is 17.8. The van der Waals surface area contributed by atoms with Gasteiger partial charge in [0, 0.05) is 28.9 Å². The summed E-state index contributed by atoms with van der Waals surface area (Å²) in [7, 11) is -3.32. The molecule has 0 aromatic heterocycles. The van der Waals surface area contributed by atoms with Crippen molar-refractivity contribution >= 4 is 21.4 Å². The molecule has 0 fully saturated rings. The molecule has 0 saturated heterocycles. The van der Waals surface area contributed by atoms with E-state index in [1.807, 2.05) is 0 Å². The van der Waals surface area contributed by atoms with Crippen molar-refractivity contribution in [1.82, 2.24) is 0 Å². The monoisotopic (exact) mass is 514 g/mol. The number of benzene rings is 4. The number of halogens is 1. The smallest absolute Gasteiger partial charge is 0.228 e. The largest absolute Gasteiger partial charge is 0.457 e. The van der Waals surface area contributed by atoms with E-state index >= 15 is 0 Å². The minimum Gasteiger partial charge on any atom is -0.457 e. The van der Waals surface area contributed by atoms with Gasteiger partial charge >= 0.3 is 0 Å². The summed E-state index contributed by atoms with van der Waals surface area (Å²) in [4.78, 5) is 12.9. The van der Waals surface area contributed by atoms with Crippen molar-refractivity contribution in [1.29, 1.82) is 5.26 Å². The number of amides is 1. The number of anilines is 1. The molecular formula is C29H23FN2O4S. The van der Waals surface area contributed by atoms with Gasteiger partial charge in [0.05, 0.1) is 28.7 Å². The van der Waals surface area contributed by atoms with Gasteiger partial charge in [-0.25, -0.2) is 12.8 Å². The number of ether oxygens (including phenoxy) is 1. The fraction of sp³-hybridized carbons (Fsp3) is 0.103. The number of sulfone groups is 1. The first kappa shape index (κ1) is 25.6. The highest BCUT2D eigenvalue weighted by Crippen LogP contribution is 2.37. The van der Waals surface area contributed by atoms with E-state index in [2.05, 4.69) is 11.4 Å². The molecule has 8 heteroatoms. The first-order valence-corrected chi connectivity index (χ1v) is 13.1. The van der Waals surface area contributed by atoms with Crippen LogP contribution < -0.4 is 10.1 Å². The number of nitrogens with one attached hydrogen (secondary N) is 1. The number of carbonyl (C=O) groups excluding carboxylic acids is 1. The van der Waals surface area contributed by atoms with Gasteiger partial charge in [-0.3, -0.25) is 4.79 Å². The molecule has 0 radical (unpaired) electrons. The van der Waals surface area contributed by atoms with Gasteiger partial charge in [-0.15, -0.1) is 0 Å². The summed E-state index contributed by atoms with van der Waals surface area (Å²) < 4.78 is 43.7. The van der Waals surface area contributed by atoms with E-state index in [0.29, 0.717) is 33.7 Å². The topological polar surface area (TPSA) is 96.3 Å². The first-order valence-electron chi connectivity index (χ1n) is 11.5. The molecule has 0 saturated carbocycles. The van der Waals surface area contributed by atoms with Crippen LogP contribution in [0.2, 0.25) is 0 Å². The zero-order chi connectivity index (χ0) is 26.4. The lowest BCUT2D eigenvalue weighted by molar-refractivity contribution is -0.115. The Labute approximate surface area is 214 Å². The summed E-state index contributed by atoms with van der Waals surface area (Å²) in [5.74, 6) is -0.171. The average Bonchev–Trinajstić information content (AvgIpc) is 2.89. The second-order valence-corrected chi connectivity index (χ2v) is 10.5. The van der Waals surface area contributed by atoms with Crippen LogP contribution in [0.4, 0.5) is 10.1 Å². The van der Waals surface area contributed by atoms with Crippen molar-refractivity contribution in [2.45, 2.75) is 18.2 Å². The van der Waals surface area contributed by atoms with Gasteiger partial charge in [0.1, 0.15) is 17.3 Å². The highest BCUT2D eigenvalue weighted by Gasteiger charge is 2.15.